The first kappa shape index (κ1) is 14.3. The van der Waals surface area contributed by atoms with E-state index in [-0.39, 0.29) is 12.0 Å². The van der Waals surface area contributed by atoms with Gasteiger partial charge in [-0.1, -0.05) is 11.6 Å². The maximum absolute atomic E-state index is 9.38. The zero-order valence-corrected chi connectivity index (χ0v) is 12.2. The number of rotatable bonds is 5. The van der Waals surface area contributed by atoms with E-state index in [1.165, 1.54) is 50.9 Å². The minimum Gasteiger partial charge on any atom is -0.395 e. The Bertz CT molecular complexity index is 344. The zero-order chi connectivity index (χ0) is 13.8. The molecule has 3 fully saturated rings. The average Bonchev–Trinajstić information content (AvgIpc) is 2.96. The standard InChI is InChI=1S/C15H26N2O3/c18-9-15(10-19-11-15)12-20-16-13-5-1-2-6-14(13)17-7-3-4-8-17/h14,18H,1-12H2. The monoisotopic (exact) mass is 282 g/mol. The molecule has 1 unspecified atom stereocenters. The SMILES string of the molecule is OCC1(CON=C2CCCCC2N2CCCC2)COC1. The molecule has 0 bridgehead atoms. The first-order valence-corrected chi connectivity index (χ1v) is 7.94. The molecule has 114 valence electrons. The fourth-order valence-corrected chi connectivity index (χ4v) is 3.39. The summed E-state index contributed by atoms with van der Waals surface area (Å²) in [6.07, 6.45) is 7.43. The molecule has 0 radical (unpaired) electrons. The second-order valence-corrected chi connectivity index (χ2v) is 6.51. The van der Waals surface area contributed by atoms with Crippen molar-refractivity contribution in [1.29, 1.82) is 0 Å². The van der Waals surface area contributed by atoms with E-state index in [1.807, 2.05) is 0 Å². The molecular weight excluding hydrogens is 256 g/mol. The number of aliphatic hydroxyl groups is 1. The number of aliphatic hydroxyl groups excluding tert-OH is 1. The Morgan fingerprint density at radius 2 is 2.05 bits per heavy atom. The van der Waals surface area contributed by atoms with Crippen molar-refractivity contribution >= 4 is 5.71 Å². The maximum atomic E-state index is 9.38. The van der Waals surface area contributed by atoms with Crippen LogP contribution in [0.2, 0.25) is 0 Å². The molecule has 0 aromatic rings. The summed E-state index contributed by atoms with van der Waals surface area (Å²) in [4.78, 5) is 8.15. The van der Waals surface area contributed by atoms with Gasteiger partial charge in [-0.3, -0.25) is 4.90 Å². The molecule has 20 heavy (non-hydrogen) atoms. The lowest BCUT2D eigenvalue weighted by Crippen LogP contribution is -2.49. The van der Waals surface area contributed by atoms with Crippen LogP contribution in [-0.2, 0) is 9.57 Å². The van der Waals surface area contributed by atoms with Crippen LogP contribution >= 0.6 is 0 Å². The second kappa shape index (κ2) is 6.41. The van der Waals surface area contributed by atoms with Crippen LogP contribution in [0.5, 0.6) is 0 Å². The van der Waals surface area contributed by atoms with E-state index in [2.05, 4.69) is 10.1 Å². The molecule has 1 saturated carbocycles. The van der Waals surface area contributed by atoms with Gasteiger partial charge in [0, 0.05) is 0 Å². The van der Waals surface area contributed by atoms with E-state index in [0.29, 0.717) is 25.9 Å². The number of ether oxygens (including phenoxy) is 1. The van der Waals surface area contributed by atoms with Gasteiger partial charge in [-0.2, -0.15) is 0 Å². The molecule has 2 heterocycles. The van der Waals surface area contributed by atoms with Gasteiger partial charge in [-0.05, 0) is 45.2 Å². The van der Waals surface area contributed by atoms with Gasteiger partial charge >= 0.3 is 0 Å². The Labute approximate surface area is 120 Å². The number of oxime groups is 1. The third-order valence-corrected chi connectivity index (χ3v) is 4.83. The van der Waals surface area contributed by atoms with Crippen LogP contribution in [0.3, 0.4) is 0 Å². The quantitative estimate of drug-likeness (QED) is 0.775. The Morgan fingerprint density at radius 1 is 1.25 bits per heavy atom. The largest absolute Gasteiger partial charge is 0.395 e. The highest BCUT2D eigenvalue weighted by Crippen LogP contribution is 2.28. The molecule has 0 aromatic carbocycles. The van der Waals surface area contributed by atoms with Crippen molar-refractivity contribution in [3.05, 3.63) is 0 Å². The highest BCUT2D eigenvalue weighted by Gasteiger charge is 2.39. The summed E-state index contributed by atoms with van der Waals surface area (Å²) in [5, 5.41) is 13.8. The number of nitrogens with zero attached hydrogens (tertiary/aromatic N) is 2. The van der Waals surface area contributed by atoms with Crippen molar-refractivity contribution in [3.8, 4) is 0 Å². The molecule has 3 rings (SSSR count). The summed E-state index contributed by atoms with van der Waals surface area (Å²) in [6, 6.07) is 0.494. The zero-order valence-electron chi connectivity index (χ0n) is 12.2. The van der Waals surface area contributed by atoms with Gasteiger partial charge in [0.1, 0.15) is 6.61 Å². The lowest BCUT2D eigenvalue weighted by Gasteiger charge is -2.38. The van der Waals surface area contributed by atoms with E-state index >= 15 is 0 Å². The van der Waals surface area contributed by atoms with Gasteiger partial charge in [0.25, 0.3) is 0 Å². The normalized spacial score (nSPS) is 32.2. The number of hydrogen-bond donors (Lipinski definition) is 1. The van der Waals surface area contributed by atoms with Crippen LogP contribution in [0.25, 0.3) is 0 Å². The van der Waals surface area contributed by atoms with Gasteiger partial charge in [-0.25, -0.2) is 0 Å². The van der Waals surface area contributed by atoms with E-state index in [0.717, 1.165) is 6.42 Å². The van der Waals surface area contributed by atoms with Crippen LogP contribution in [0.1, 0.15) is 38.5 Å². The Hall–Kier alpha value is -0.650. The predicted molar refractivity (Wildman–Crippen MR) is 76.8 cm³/mol. The number of hydrogen-bond acceptors (Lipinski definition) is 5. The predicted octanol–water partition coefficient (Wildman–Crippen LogP) is 1.41. The highest BCUT2D eigenvalue weighted by molar-refractivity contribution is 5.89. The molecule has 1 aliphatic carbocycles. The van der Waals surface area contributed by atoms with Crippen LogP contribution in [0.4, 0.5) is 0 Å². The van der Waals surface area contributed by atoms with Crippen molar-refractivity contribution in [3.63, 3.8) is 0 Å². The van der Waals surface area contributed by atoms with Crippen molar-refractivity contribution in [1.82, 2.24) is 4.90 Å². The average molecular weight is 282 g/mol. The first-order valence-electron chi connectivity index (χ1n) is 7.94. The van der Waals surface area contributed by atoms with Crippen molar-refractivity contribution in [2.45, 2.75) is 44.6 Å². The summed E-state index contributed by atoms with van der Waals surface area (Å²) in [7, 11) is 0. The second-order valence-electron chi connectivity index (χ2n) is 6.51. The minimum absolute atomic E-state index is 0.118. The molecule has 5 nitrogen and oxygen atoms in total. The Morgan fingerprint density at radius 3 is 2.70 bits per heavy atom. The van der Waals surface area contributed by atoms with Crippen LogP contribution < -0.4 is 0 Å². The van der Waals surface area contributed by atoms with Gasteiger partial charge in [0.05, 0.1) is 37.0 Å². The molecule has 2 saturated heterocycles. The lowest BCUT2D eigenvalue weighted by molar-refractivity contribution is -0.168. The molecule has 5 heteroatoms. The fraction of sp³-hybridized carbons (Fsp3) is 0.933. The molecule has 0 spiro atoms. The Kier molecular flexibility index (Phi) is 4.58. The maximum Gasteiger partial charge on any atom is 0.129 e. The van der Waals surface area contributed by atoms with Gasteiger partial charge in [0.2, 0.25) is 0 Å². The topological polar surface area (TPSA) is 54.3 Å². The van der Waals surface area contributed by atoms with Gasteiger partial charge < -0.3 is 14.7 Å². The van der Waals surface area contributed by atoms with E-state index in [4.69, 9.17) is 9.57 Å². The lowest BCUT2D eigenvalue weighted by atomic mass is 9.88. The summed E-state index contributed by atoms with van der Waals surface area (Å²) >= 11 is 0. The van der Waals surface area contributed by atoms with Crippen LogP contribution in [0.15, 0.2) is 5.16 Å². The van der Waals surface area contributed by atoms with Crippen LogP contribution in [-0.4, -0.2) is 61.3 Å². The van der Waals surface area contributed by atoms with Gasteiger partial charge in [0.15, 0.2) is 0 Å². The van der Waals surface area contributed by atoms with Crippen molar-refractivity contribution in [2.24, 2.45) is 10.6 Å². The van der Waals surface area contributed by atoms with Crippen molar-refractivity contribution in [2.75, 3.05) is 39.5 Å². The van der Waals surface area contributed by atoms with E-state index in [1.54, 1.807) is 0 Å². The Balaban J connectivity index is 1.56. The van der Waals surface area contributed by atoms with Crippen LogP contribution in [0, 0.1) is 5.41 Å². The minimum atomic E-state index is -0.206. The summed E-state index contributed by atoms with van der Waals surface area (Å²) < 4.78 is 5.18. The molecule has 3 aliphatic rings. The third-order valence-electron chi connectivity index (χ3n) is 4.83. The molecule has 1 atom stereocenters. The summed E-state index contributed by atoms with van der Waals surface area (Å²) in [5.41, 5.74) is 1.01. The summed E-state index contributed by atoms with van der Waals surface area (Å²) in [6.45, 7) is 4.18. The van der Waals surface area contributed by atoms with E-state index in [9.17, 15) is 5.11 Å². The summed E-state index contributed by atoms with van der Waals surface area (Å²) in [5.74, 6) is 0. The molecular formula is C15H26N2O3. The molecule has 0 aromatic heterocycles. The van der Waals surface area contributed by atoms with Gasteiger partial charge in [-0.15, -0.1) is 0 Å². The molecule has 2 aliphatic heterocycles. The molecule has 1 N–H and O–H groups in total. The highest BCUT2D eigenvalue weighted by atomic mass is 16.6. The van der Waals surface area contributed by atoms with Crippen molar-refractivity contribution < 1.29 is 14.7 Å². The molecule has 0 amide bonds. The van der Waals surface area contributed by atoms with E-state index < -0.39 is 0 Å². The smallest absolute Gasteiger partial charge is 0.129 e. The first-order chi connectivity index (χ1) is 9.83. The fourth-order valence-electron chi connectivity index (χ4n) is 3.39. The third kappa shape index (κ3) is 3.00. The number of likely N-dealkylation sites (tertiary alicyclic amines) is 1.